The van der Waals surface area contributed by atoms with Crippen LogP contribution in [0.4, 0.5) is 0 Å². The maximum Gasteiger partial charge on any atom is 0.330 e. The fraction of sp³-hybridized carbons (Fsp3) is 0.333. The van der Waals surface area contributed by atoms with E-state index in [1.54, 1.807) is 17.5 Å². The standard InChI is InChI=1S/C24H24N6O3/c31-22(33-28-10-12-32-13-11-28)14-18-15-26-21-7-6-17(16-29(18)21)23-20-5-3-9-30(20)27-24(23)19-4-1-2-8-25-19/h1-2,4,6-8,15-16H,3,5,9-14H2. The van der Waals surface area contributed by atoms with E-state index in [9.17, 15) is 4.79 Å². The van der Waals surface area contributed by atoms with Crippen LogP contribution in [0.15, 0.2) is 48.9 Å². The smallest absolute Gasteiger partial charge is 0.330 e. The van der Waals surface area contributed by atoms with Crippen molar-refractivity contribution in [3.05, 3.63) is 60.3 Å². The van der Waals surface area contributed by atoms with Gasteiger partial charge in [-0.3, -0.25) is 9.67 Å². The molecule has 33 heavy (non-hydrogen) atoms. The van der Waals surface area contributed by atoms with E-state index in [4.69, 9.17) is 14.7 Å². The number of hydroxylamine groups is 2. The molecule has 4 aromatic rings. The zero-order valence-corrected chi connectivity index (χ0v) is 18.2. The summed E-state index contributed by atoms with van der Waals surface area (Å²) in [5, 5.41) is 6.54. The Hall–Kier alpha value is -3.56. The number of ether oxygens (including phenoxy) is 1. The van der Waals surface area contributed by atoms with Gasteiger partial charge in [0, 0.05) is 42.0 Å². The molecule has 0 saturated carbocycles. The highest BCUT2D eigenvalue weighted by atomic mass is 16.7. The number of nitrogens with zero attached hydrogens (tertiary/aromatic N) is 6. The molecule has 6 rings (SSSR count). The molecule has 0 aromatic carbocycles. The third-order valence-electron chi connectivity index (χ3n) is 6.15. The maximum atomic E-state index is 12.6. The van der Waals surface area contributed by atoms with Crippen LogP contribution in [0.1, 0.15) is 17.8 Å². The van der Waals surface area contributed by atoms with E-state index in [1.165, 1.54) is 5.69 Å². The van der Waals surface area contributed by atoms with Gasteiger partial charge in [-0.05, 0) is 37.1 Å². The van der Waals surface area contributed by atoms with Crippen LogP contribution >= 0.6 is 0 Å². The Labute approximate surface area is 190 Å². The van der Waals surface area contributed by atoms with Gasteiger partial charge in [0.25, 0.3) is 0 Å². The second-order valence-electron chi connectivity index (χ2n) is 8.29. The molecule has 2 aliphatic heterocycles. The highest BCUT2D eigenvalue weighted by Crippen LogP contribution is 2.36. The summed E-state index contributed by atoms with van der Waals surface area (Å²) in [6.45, 7) is 3.24. The van der Waals surface area contributed by atoms with Crippen LogP contribution in [0.3, 0.4) is 0 Å². The van der Waals surface area contributed by atoms with E-state index in [0.717, 1.165) is 53.2 Å². The number of imidazole rings is 1. The zero-order chi connectivity index (χ0) is 22.2. The number of pyridine rings is 2. The zero-order valence-electron chi connectivity index (χ0n) is 18.2. The van der Waals surface area contributed by atoms with Gasteiger partial charge < -0.3 is 14.0 Å². The highest BCUT2D eigenvalue weighted by Gasteiger charge is 2.25. The van der Waals surface area contributed by atoms with Gasteiger partial charge in [-0.2, -0.15) is 5.10 Å². The minimum atomic E-state index is -0.301. The first kappa shape index (κ1) is 20.1. The topological polar surface area (TPSA) is 86.8 Å². The van der Waals surface area contributed by atoms with E-state index in [-0.39, 0.29) is 12.4 Å². The number of aromatic nitrogens is 5. The first-order chi connectivity index (χ1) is 16.3. The monoisotopic (exact) mass is 444 g/mol. The van der Waals surface area contributed by atoms with Crippen molar-refractivity contribution in [3.63, 3.8) is 0 Å². The number of hydrogen-bond donors (Lipinski definition) is 0. The second-order valence-corrected chi connectivity index (χ2v) is 8.29. The largest absolute Gasteiger partial charge is 0.379 e. The molecule has 6 heterocycles. The Balaban J connectivity index is 1.35. The van der Waals surface area contributed by atoms with Crippen molar-refractivity contribution in [2.45, 2.75) is 25.8 Å². The Kier molecular flexibility index (Phi) is 5.12. The molecular formula is C24H24N6O3. The van der Waals surface area contributed by atoms with Crippen molar-refractivity contribution in [1.82, 2.24) is 29.2 Å². The van der Waals surface area contributed by atoms with Gasteiger partial charge in [-0.15, -0.1) is 5.06 Å². The van der Waals surface area contributed by atoms with E-state index >= 15 is 0 Å². The second kappa shape index (κ2) is 8.42. The van der Waals surface area contributed by atoms with Crippen molar-refractivity contribution in [2.24, 2.45) is 0 Å². The summed E-state index contributed by atoms with van der Waals surface area (Å²) in [4.78, 5) is 27.1. The van der Waals surface area contributed by atoms with Crippen LogP contribution in [0, 0.1) is 0 Å². The summed E-state index contributed by atoms with van der Waals surface area (Å²) >= 11 is 0. The number of carbonyl (C=O) groups excluding carboxylic acids is 1. The van der Waals surface area contributed by atoms with Gasteiger partial charge in [0.05, 0.1) is 44.1 Å². The van der Waals surface area contributed by atoms with Gasteiger partial charge >= 0.3 is 5.97 Å². The number of carbonyl (C=O) groups is 1. The number of rotatable bonds is 5. The molecule has 9 nitrogen and oxygen atoms in total. The molecule has 4 aromatic heterocycles. The third kappa shape index (κ3) is 3.79. The Morgan fingerprint density at radius 1 is 1.09 bits per heavy atom. The predicted octanol–water partition coefficient (Wildman–Crippen LogP) is 2.54. The molecule has 0 aliphatic carbocycles. The molecule has 0 atom stereocenters. The van der Waals surface area contributed by atoms with Crippen molar-refractivity contribution in [3.8, 4) is 22.5 Å². The molecule has 0 spiro atoms. The third-order valence-corrected chi connectivity index (χ3v) is 6.15. The van der Waals surface area contributed by atoms with Crippen molar-refractivity contribution in [2.75, 3.05) is 26.3 Å². The summed E-state index contributed by atoms with van der Waals surface area (Å²) in [6.07, 6.45) is 7.78. The Bertz CT molecular complexity index is 1310. The molecule has 2 aliphatic rings. The number of aryl methyl sites for hydroxylation is 1. The quantitative estimate of drug-likeness (QED) is 0.468. The number of hydrogen-bond acceptors (Lipinski definition) is 7. The summed E-state index contributed by atoms with van der Waals surface area (Å²) in [6, 6.07) is 9.93. The lowest BCUT2D eigenvalue weighted by atomic mass is 10.0. The first-order valence-corrected chi connectivity index (χ1v) is 11.3. The molecule has 1 saturated heterocycles. The maximum absolute atomic E-state index is 12.6. The minimum absolute atomic E-state index is 0.140. The van der Waals surface area contributed by atoms with Gasteiger partial charge in [0.1, 0.15) is 11.3 Å². The van der Waals surface area contributed by atoms with Crippen LogP contribution in [0.5, 0.6) is 0 Å². The van der Waals surface area contributed by atoms with Gasteiger partial charge in [0.2, 0.25) is 0 Å². The first-order valence-electron chi connectivity index (χ1n) is 11.3. The van der Waals surface area contributed by atoms with Crippen LogP contribution < -0.4 is 0 Å². The van der Waals surface area contributed by atoms with E-state index in [2.05, 4.69) is 20.7 Å². The van der Waals surface area contributed by atoms with Gasteiger partial charge in [-0.25, -0.2) is 9.78 Å². The predicted molar refractivity (Wildman–Crippen MR) is 120 cm³/mol. The lowest BCUT2D eigenvalue weighted by Gasteiger charge is -2.24. The Morgan fingerprint density at radius 3 is 2.85 bits per heavy atom. The van der Waals surface area contributed by atoms with Crippen LogP contribution in [0.2, 0.25) is 0 Å². The fourth-order valence-electron chi connectivity index (χ4n) is 4.59. The number of fused-ring (bicyclic) bond motifs is 2. The lowest BCUT2D eigenvalue weighted by Crippen LogP contribution is -2.38. The molecule has 0 N–H and O–H groups in total. The highest BCUT2D eigenvalue weighted by molar-refractivity contribution is 5.82. The normalized spacial score (nSPS) is 16.2. The van der Waals surface area contributed by atoms with Crippen molar-refractivity contribution >= 4 is 11.6 Å². The average Bonchev–Trinajstić information content (AvgIpc) is 3.55. The van der Waals surface area contributed by atoms with E-state index < -0.39 is 0 Å². The summed E-state index contributed by atoms with van der Waals surface area (Å²) < 4.78 is 9.37. The summed E-state index contributed by atoms with van der Waals surface area (Å²) in [7, 11) is 0. The fourth-order valence-corrected chi connectivity index (χ4v) is 4.59. The molecule has 9 heteroatoms. The molecule has 168 valence electrons. The van der Waals surface area contributed by atoms with Crippen LogP contribution in [0.25, 0.3) is 28.2 Å². The van der Waals surface area contributed by atoms with Crippen LogP contribution in [-0.2, 0) is 33.8 Å². The summed E-state index contributed by atoms with van der Waals surface area (Å²) in [5.74, 6) is -0.301. The number of morpholine rings is 1. The van der Waals surface area contributed by atoms with E-state index in [0.29, 0.717) is 26.3 Å². The lowest BCUT2D eigenvalue weighted by molar-refractivity contribution is -0.204. The van der Waals surface area contributed by atoms with Crippen LogP contribution in [-0.4, -0.2) is 61.5 Å². The molecule has 0 unspecified atom stereocenters. The molecule has 0 radical (unpaired) electrons. The average molecular weight is 444 g/mol. The van der Waals surface area contributed by atoms with E-state index in [1.807, 2.05) is 34.9 Å². The van der Waals surface area contributed by atoms with Gasteiger partial charge in [-0.1, -0.05) is 6.07 Å². The molecule has 0 amide bonds. The molecule has 0 bridgehead atoms. The van der Waals surface area contributed by atoms with Crippen molar-refractivity contribution < 1.29 is 14.4 Å². The minimum Gasteiger partial charge on any atom is -0.379 e. The summed E-state index contributed by atoms with van der Waals surface area (Å²) in [5.41, 5.74) is 6.68. The SMILES string of the molecule is O=C(Cc1cnc2ccc(-c3c(-c4ccccn4)nn4c3CCC4)cn12)ON1CCOCC1. The Morgan fingerprint density at radius 2 is 2.00 bits per heavy atom. The van der Waals surface area contributed by atoms with Gasteiger partial charge in [0.15, 0.2) is 0 Å². The molecule has 1 fully saturated rings. The molecular weight excluding hydrogens is 420 g/mol. The van der Waals surface area contributed by atoms with Crippen molar-refractivity contribution in [1.29, 1.82) is 0 Å².